The van der Waals surface area contributed by atoms with Crippen LogP contribution in [0, 0.1) is 5.92 Å². The van der Waals surface area contributed by atoms with Crippen molar-refractivity contribution in [1.82, 2.24) is 5.32 Å². The molecule has 5 heteroatoms. The topological polar surface area (TPSA) is 50.7 Å². The lowest BCUT2D eigenvalue weighted by atomic mass is 10.0. The number of benzene rings is 1. The molecule has 2 N–H and O–H groups in total. The zero-order valence-corrected chi connectivity index (χ0v) is 13.3. The van der Waals surface area contributed by atoms with Gasteiger partial charge in [-0.1, -0.05) is 18.5 Å². The Morgan fingerprint density at radius 3 is 2.40 bits per heavy atom. The molecule has 0 spiro atoms. The molecular weight excluding hydrogens is 278 g/mol. The molecule has 0 heterocycles. The van der Waals surface area contributed by atoms with Gasteiger partial charge in [-0.15, -0.1) is 0 Å². The second kappa shape index (κ2) is 8.35. The minimum absolute atomic E-state index is 0.106. The number of methoxy groups -OCH3 is 2. The van der Waals surface area contributed by atoms with Crippen molar-refractivity contribution in [3.05, 3.63) is 22.7 Å². The summed E-state index contributed by atoms with van der Waals surface area (Å²) < 4.78 is 10.6. The van der Waals surface area contributed by atoms with Crippen molar-refractivity contribution >= 4 is 11.6 Å². The highest BCUT2D eigenvalue weighted by molar-refractivity contribution is 6.32. The van der Waals surface area contributed by atoms with E-state index in [-0.39, 0.29) is 12.6 Å². The second-order valence-electron chi connectivity index (χ2n) is 4.98. The first-order chi connectivity index (χ1) is 9.53. The van der Waals surface area contributed by atoms with Crippen molar-refractivity contribution in [2.75, 3.05) is 27.4 Å². The molecule has 0 saturated heterocycles. The summed E-state index contributed by atoms with van der Waals surface area (Å²) in [6.07, 6.45) is 0.792. The molecule has 1 rings (SSSR count). The number of hydrogen-bond acceptors (Lipinski definition) is 4. The molecule has 4 nitrogen and oxygen atoms in total. The molecule has 1 aromatic carbocycles. The molecule has 0 radical (unpaired) electrons. The van der Waals surface area contributed by atoms with E-state index in [4.69, 9.17) is 26.2 Å². The number of hydrogen-bond donors (Lipinski definition) is 2. The van der Waals surface area contributed by atoms with Crippen molar-refractivity contribution in [3.63, 3.8) is 0 Å². The normalized spacial score (nSPS) is 13.9. The number of rotatable bonds is 8. The van der Waals surface area contributed by atoms with Gasteiger partial charge in [0.1, 0.15) is 11.5 Å². The summed E-state index contributed by atoms with van der Waals surface area (Å²) in [5.74, 6) is 1.77. The Morgan fingerprint density at radius 1 is 1.20 bits per heavy atom. The van der Waals surface area contributed by atoms with Crippen LogP contribution >= 0.6 is 11.6 Å². The highest BCUT2D eigenvalue weighted by atomic mass is 35.5. The van der Waals surface area contributed by atoms with Gasteiger partial charge in [-0.05, 0) is 31.9 Å². The van der Waals surface area contributed by atoms with Gasteiger partial charge in [0.25, 0.3) is 0 Å². The van der Waals surface area contributed by atoms with Gasteiger partial charge in [0, 0.05) is 24.3 Å². The Hall–Kier alpha value is -0.970. The highest BCUT2D eigenvalue weighted by Gasteiger charge is 2.15. The van der Waals surface area contributed by atoms with Crippen LogP contribution in [0.5, 0.6) is 11.5 Å². The van der Waals surface area contributed by atoms with Crippen LogP contribution in [0.3, 0.4) is 0 Å². The van der Waals surface area contributed by atoms with E-state index < -0.39 is 0 Å². The molecule has 114 valence electrons. The number of aliphatic hydroxyl groups is 1. The third-order valence-corrected chi connectivity index (χ3v) is 3.66. The van der Waals surface area contributed by atoms with Gasteiger partial charge in [-0.25, -0.2) is 0 Å². The summed E-state index contributed by atoms with van der Waals surface area (Å²) in [5.41, 5.74) is 0.995. The summed E-state index contributed by atoms with van der Waals surface area (Å²) >= 11 is 6.17. The van der Waals surface area contributed by atoms with Crippen molar-refractivity contribution in [3.8, 4) is 11.5 Å². The van der Waals surface area contributed by atoms with Crippen LogP contribution in [-0.4, -0.2) is 32.5 Å². The second-order valence-corrected chi connectivity index (χ2v) is 5.38. The minimum atomic E-state index is 0.106. The first kappa shape index (κ1) is 17.1. The Labute approximate surface area is 126 Å². The summed E-state index contributed by atoms with van der Waals surface area (Å²) in [5, 5.41) is 12.9. The van der Waals surface area contributed by atoms with Crippen LogP contribution in [0.4, 0.5) is 0 Å². The number of nitrogens with one attached hydrogen (secondary N) is 1. The van der Waals surface area contributed by atoms with Crippen LogP contribution in [0.2, 0.25) is 5.02 Å². The maximum atomic E-state index is 8.92. The van der Waals surface area contributed by atoms with Crippen LogP contribution in [0.1, 0.15) is 31.9 Å². The Bertz CT molecular complexity index is 426. The first-order valence-electron chi connectivity index (χ1n) is 6.79. The zero-order chi connectivity index (χ0) is 15.1. The predicted octanol–water partition coefficient (Wildman–Crippen LogP) is 3.03. The van der Waals surface area contributed by atoms with Crippen molar-refractivity contribution in [2.24, 2.45) is 5.92 Å². The molecule has 0 aliphatic heterocycles. The molecule has 20 heavy (non-hydrogen) atoms. The highest BCUT2D eigenvalue weighted by Crippen LogP contribution is 2.35. The molecule has 0 aliphatic rings. The Balaban J connectivity index is 2.81. The van der Waals surface area contributed by atoms with Crippen LogP contribution in [-0.2, 0) is 0 Å². The van der Waals surface area contributed by atoms with Crippen LogP contribution in [0.25, 0.3) is 0 Å². The van der Waals surface area contributed by atoms with Gasteiger partial charge in [0.2, 0.25) is 0 Å². The quantitative estimate of drug-likeness (QED) is 0.775. The zero-order valence-electron chi connectivity index (χ0n) is 12.6. The third-order valence-electron chi connectivity index (χ3n) is 3.37. The molecule has 2 unspecified atom stereocenters. The average Bonchev–Trinajstić information content (AvgIpc) is 2.44. The molecule has 0 fully saturated rings. The average molecular weight is 302 g/mol. The van der Waals surface area contributed by atoms with E-state index in [1.165, 1.54) is 0 Å². The molecule has 0 aliphatic carbocycles. The monoisotopic (exact) mass is 301 g/mol. The van der Waals surface area contributed by atoms with Gasteiger partial charge >= 0.3 is 0 Å². The fourth-order valence-electron chi connectivity index (χ4n) is 2.03. The Morgan fingerprint density at radius 2 is 1.85 bits per heavy atom. The van der Waals surface area contributed by atoms with E-state index in [9.17, 15) is 0 Å². The van der Waals surface area contributed by atoms with E-state index in [2.05, 4.69) is 19.2 Å². The van der Waals surface area contributed by atoms with E-state index >= 15 is 0 Å². The lowest BCUT2D eigenvalue weighted by molar-refractivity contribution is 0.258. The van der Waals surface area contributed by atoms with Gasteiger partial charge in [-0.3, -0.25) is 0 Å². The number of ether oxygens (including phenoxy) is 2. The maximum absolute atomic E-state index is 8.92. The maximum Gasteiger partial charge on any atom is 0.141 e. The molecule has 0 amide bonds. The largest absolute Gasteiger partial charge is 0.496 e. The summed E-state index contributed by atoms with van der Waals surface area (Å²) in [6.45, 7) is 5.21. The van der Waals surface area contributed by atoms with Gasteiger partial charge < -0.3 is 19.9 Å². The molecule has 0 aromatic heterocycles. The first-order valence-corrected chi connectivity index (χ1v) is 7.16. The van der Waals surface area contributed by atoms with Crippen molar-refractivity contribution in [2.45, 2.75) is 26.3 Å². The molecular formula is C15H24ClNO3. The smallest absolute Gasteiger partial charge is 0.141 e. The fourth-order valence-corrected chi connectivity index (χ4v) is 2.28. The minimum Gasteiger partial charge on any atom is -0.496 e. The summed E-state index contributed by atoms with van der Waals surface area (Å²) in [6, 6.07) is 3.77. The molecule has 0 bridgehead atoms. The van der Waals surface area contributed by atoms with E-state index in [0.29, 0.717) is 16.7 Å². The lowest BCUT2D eigenvalue weighted by Gasteiger charge is -2.20. The third kappa shape index (κ3) is 4.54. The summed E-state index contributed by atoms with van der Waals surface area (Å²) in [7, 11) is 3.21. The SMILES string of the molecule is COc1cc(OC)c(C(C)NCC(C)CCO)cc1Cl. The van der Waals surface area contributed by atoms with E-state index in [0.717, 1.165) is 24.3 Å². The van der Waals surface area contributed by atoms with Crippen molar-refractivity contribution < 1.29 is 14.6 Å². The molecule has 2 atom stereocenters. The van der Waals surface area contributed by atoms with E-state index in [1.54, 1.807) is 20.3 Å². The molecule has 1 aromatic rings. The number of halogens is 1. The van der Waals surface area contributed by atoms with Crippen LogP contribution < -0.4 is 14.8 Å². The fraction of sp³-hybridized carbons (Fsp3) is 0.600. The standard InChI is InChI=1S/C15H24ClNO3/c1-10(5-6-18)9-17-11(2)12-7-13(16)15(20-4)8-14(12)19-3/h7-8,10-11,17-18H,5-6,9H2,1-4H3. The predicted molar refractivity (Wildman–Crippen MR) is 81.8 cm³/mol. The van der Waals surface area contributed by atoms with Gasteiger partial charge in [0.05, 0.1) is 19.2 Å². The van der Waals surface area contributed by atoms with Gasteiger partial charge in [-0.2, -0.15) is 0 Å². The van der Waals surface area contributed by atoms with Crippen LogP contribution in [0.15, 0.2) is 12.1 Å². The van der Waals surface area contributed by atoms with Gasteiger partial charge in [0.15, 0.2) is 0 Å². The number of aliphatic hydroxyl groups excluding tert-OH is 1. The lowest BCUT2D eigenvalue weighted by Crippen LogP contribution is -2.25. The van der Waals surface area contributed by atoms with Crippen molar-refractivity contribution in [1.29, 1.82) is 0 Å². The van der Waals surface area contributed by atoms with E-state index in [1.807, 2.05) is 6.07 Å². The Kier molecular flexibility index (Phi) is 7.13. The molecule has 0 saturated carbocycles. The summed E-state index contributed by atoms with van der Waals surface area (Å²) in [4.78, 5) is 0.